The molecule has 0 saturated carbocycles. The normalized spacial score (nSPS) is 20.1. The number of hydrogen-bond acceptors (Lipinski definition) is 2. The molecule has 0 aromatic heterocycles. The molecular weight excluding hydrogens is 311 g/mol. The number of carbonyl (C=O) groups is 2. The Morgan fingerprint density at radius 2 is 2.00 bits per heavy atom. The van der Waals surface area contributed by atoms with E-state index in [1.165, 1.54) is 0 Å². The quantitative estimate of drug-likeness (QED) is 0.839. The Balaban J connectivity index is 2.54. The first kappa shape index (κ1) is 19.6. The van der Waals surface area contributed by atoms with E-state index in [-0.39, 0.29) is 18.5 Å². The minimum atomic E-state index is -4.31. The smallest absolute Gasteiger partial charge is 0.338 e. The fourth-order valence-corrected chi connectivity index (χ4v) is 2.68. The maximum Gasteiger partial charge on any atom is 0.390 e. The SMILES string of the molecule is CCN(CCC(F)(F)F)C(=O)N[C@@H](C)C(=O)N1CCCC[C@@H]1C. The molecule has 0 radical (unpaired) electrons. The van der Waals surface area contributed by atoms with Crippen molar-refractivity contribution in [2.45, 2.75) is 64.7 Å². The van der Waals surface area contributed by atoms with E-state index < -0.39 is 31.2 Å². The van der Waals surface area contributed by atoms with Gasteiger partial charge in [-0.3, -0.25) is 4.79 Å². The predicted octanol–water partition coefficient (Wildman–Crippen LogP) is 2.76. The van der Waals surface area contributed by atoms with Crippen molar-refractivity contribution in [1.29, 1.82) is 0 Å². The molecule has 8 heteroatoms. The Morgan fingerprint density at radius 3 is 2.52 bits per heavy atom. The first-order valence-corrected chi connectivity index (χ1v) is 8.08. The second kappa shape index (κ2) is 8.40. The summed E-state index contributed by atoms with van der Waals surface area (Å²) >= 11 is 0. The Kier molecular flexibility index (Phi) is 7.15. The lowest BCUT2D eigenvalue weighted by Gasteiger charge is -2.35. The van der Waals surface area contributed by atoms with Gasteiger partial charge in [0.1, 0.15) is 6.04 Å². The van der Waals surface area contributed by atoms with Gasteiger partial charge in [0, 0.05) is 25.7 Å². The predicted molar refractivity (Wildman–Crippen MR) is 80.9 cm³/mol. The number of hydrogen-bond donors (Lipinski definition) is 1. The topological polar surface area (TPSA) is 52.7 Å². The molecule has 1 N–H and O–H groups in total. The van der Waals surface area contributed by atoms with Gasteiger partial charge < -0.3 is 15.1 Å². The number of nitrogens with one attached hydrogen (secondary N) is 1. The largest absolute Gasteiger partial charge is 0.390 e. The highest BCUT2D eigenvalue weighted by Crippen LogP contribution is 2.20. The monoisotopic (exact) mass is 337 g/mol. The zero-order valence-electron chi connectivity index (χ0n) is 13.9. The standard InChI is InChI=1S/C15H26F3N3O2/c1-4-20(10-8-15(16,17)18)14(23)19-12(3)13(22)21-9-6-5-7-11(21)2/h11-12H,4-10H2,1-3H3,(H,19,23)/t11-,12-/m0/s1. The summed E-state index contributed by atoms with van der Waals surface area (Å²) in [6.07, 6.45) is -2.42. The summed E-state index contributed by atoms with van der Waals surface area (Å²) in [5, 5.41) is 2.51. The first-order chi connectivity index (χ1) is 10.7. The zero-order valence-corrected chi connectivity index (χ0v) is 13.9. The number of urea groups is 1. The fourth-order valence-electron chi connectivity index (χ4n) is 2.68. The van der Waals surface area contributed by atoms with Crippen molar-refractivity contribution < 1.29 is 22.8 Å². The molecule has 1 aliphatic heterocycles. The van der Waals surface area contributed by atoms with Crippen molar-refractivity contribution in [3.63, 3.8) is 0 Å². The summed E-state index contributed by atoms with van der Waals surface area (Å²) < 4.78 is 36.8. The van der Waals surface area contributed by atoms with Gasteiger partial charge >= 0.3 is 12.2 Å². The van der Waals surface area contributed by atoms with Crippen LogP contribution in [-0.4, -0.2) is 59.6 Å². The number of amides is 3. The Bertz CT molecular complexity index is 415. The van der Waals surface area contributed by atoms with E-state index in [9.17, 15) is 22.8 Å². The number of halogens is 3. The number of alkyl halides is 3. The van der Waals surface area contributed by atoms with Crippen molar-refractivity contribution in [2.75, 3.05) is 19.6 Å². The van der Waals surface area contributed by atoms with Gasteiger partial charge in [-0.1, -0.05) is 0 Å². The molecule has 1 fully saturated rings. The lowest BCUT2D eigenvalue weighted by Crippen LogP contribution is -2.54. The van der Waals surface area contributed by atoms with Crippen LogP contribution in [0.3, 0.4) is 0 Å². The summed E-state index contributed by atoms with van der Waals surface area (Å²) in [4.78, 5) is 27.2. The average Bonchev–Trinajstić information content (AvgIpc) is 2.46. The molecular formula is C15H26F3N3O2. The third-order valence-electron chi connectivity index (χ3n) is 4.13. The van der Waals surface area contributed by atoms with Crippen LogP contribution in [0.15, 0.2) is 0 Å². The molecule has 1 rings (SSSR count). The van der Waals surface area contributed by atoms with Crippen molar-refractivity contribution >= 4 is 11.9 Å². The molecule has 1 heterocycles. The summed E-state index contributed by atoms with van der Waals surface area (Å²) in [6.45, 7) is 5.54. The van der Waals surface area contributed by atoms with Gasteiger partial charge in [-0.15, -0.1) is 0 Å². The second-order valence-corrected chi connectivity index (χ2v) is 5.99. The van der Waals surface area contributed by atoms with Crippen molar-refractivity contribution in [3.8, 4) is 0 Å². The van der Waals surface area contributed by atoms with E-state index in [4.69, 9.17) is 0 Å². The van der Waals surface area contributed by atoms with Gasteiger partial charge in [0.05, 0.1) is 6.42 Å². The number of rotatable bonds is 5. The van der Waals surface area contributed by atoms with E-state index in [0.29, 0.717) is 6.54 Å². The van der Waals surface area contributed by atoms with E-state index in [1.807, 2.05) is 6.92 Å². The van der Waals surface area contributed by atoms with Crippen LogP contribution in [0.2, 0.25) is 0 Å². The third kappa shape index (κ3) is 6.27. The summed E-state index contributed by atoms with van der Waals surface area (Å²) in [6, 6.07) is -1.26. The van der Waals surface area contributed by atoms with Gasteiger partial charge in [0.15, 0.2) is 0 Å². The fraction of sp³-hybridized carbons (Fsp3) is 0.867. The van der Waals surface area contributed by atoms with Gasteiger partial charge in [0.2, 0.25) is 5.91 Å². The molecule has 23 heavy (non-hydrogen) atoms. The molecule has 0 bridgehead atoms. The Morgan fingerprint density at radius 1 is 1.35 bits per heavy atom. The zero-order chi connectivity index (χ0) is 17.6. The average molecular weight is 337 g/mol. The lowest BCUT2D eigenvalue weighted by atomic mass is 10.0. The highest BCUT2D eigenvalue weighted by atomic mass is 19.4. The first-order valence-electron chi connectivity index (χ1n) is 8.08. The number of nitrogens with zero attached hydrogens (tertiary/aromatic N) is 2. The van der Waals surface area contributed by atoms with Crippen LogP contribution >= 0.6 is 0 Å². The molecule has 0 aromatic rings. The van der Waals surface area contributed by atoms with Crippen molar-refractivity contribution in [1.82, 2.24) is 15.1 Å². The number of carbonyl (C=O) groups excluding carboxylic acids is 2. The van der Waals surface area contributed by atoms with Gasteiger partial charge in [0.25, 0.3) is 0 Å². The van der Waals surface area contributed by atoms with E-state index in [2.05, 4.69) is 5.32 Å². The van der Waals surface area contributed by atoms with E-state index in [1.54, 1.807) is 18.7 Å². The third-order valence-corrected chi connectivity index (χ3v) is 4.13. The van der Waals surface area contributed by atoms with Gasteiger partial charge in [-0.25, -0.2) is 4.79 Å². The molecule has 0 unspecified atom stereocenters. The number of piperidine rings is 1. The van der Waals surface area contributed by atoms with Crippen LogP contribution in [-0.2, 0) is 4.79 Å². The molecule has 0 spiro atoms. The number of likely N-dealkylation sites (tertiary alicyclic amines) is 1. The maximum atomic E-state index is 12.4. The Hall–Kier alpha value is -1.47. The molecule has 1 saturated heterocycles. The summed E-state index contributed by atoms with van der Waals surface area (Å²) in [5.74, 6) is -0.183. The molecule has 3 amide bonds. The minimum Gasteiger partial charge on any atom is -0.338 e. The second-order valence-electron chi connectivity index (χ2n) is 5.99. The highest BCUT2D eigenvalue weighted by molar-refractivity contribution is 5.87. The van der Waals surface area contributed by atoms with E-state index in [0.717, 1.165) is 24.2 Å². The maximum absolute atomic E-state index is 12.4. The van der Waals surface area contributed by atoms with Crippen molar-refractivity contribution in [3.05, 3.63) is 0 Å². The van der Waals surface area contributed by atoms with Gasteiger partial charge in [-0.2, -0.15) is 13.2 Å². The van der Waals surface area contributed by atoms with Crippen LogP contribution in [0.1, 0.15) is 46.5 Å². The minimum absolute atomic E-state index is 0.128. The molecule has 2 atom stereocenters. The van der Waals surface area contributed by atoms with Crippen molar-refractivity contribution in [2.24, 2.45) is 0 Å². The Labute approximate surface area is 135 Å². The molecule has 0 aliphatic carbocycles. The molecule has 5 nitrogen and oxygen atoms in total. The van der Waals surface area contributed by atoms with Crippen LogP contribution in [0, 0.1) is 0 Å². The lowest BCUT2D eigenvalue weighted by molar-refractivity contribution is -0.138. The highest BCUT2D eigenvalue weighted by Gasteiger charge is 2.31. The van der Waals surface area contributed by atoms with Crippen LogP contribution in [0.25, 0.3) is 0 Å². The van der Waals surface area contributed by atoms with Crippen LogP contribution < -0.4 is 5.32 Å². The van der Waals surface area contributed by atoms with Gasteiger partial charge in [-0.05, 0) is 40.0 Å². The summed E-state index contributed by atoms with van der Waals surface area (Å²) in [5.41, 5.74) is 0. The van der Waals surface area contributed by atoms with Crippen LogP contribution in [0.4, 0.5) is 18.0 Å². The summed E-state index contributed by atoms with van der Waals surface area (Å²) in [7, 11) is 0. The van der Waals surface area contributed by atoms with E-state index >= 15 is 0 Å². The molecule has 1 aliphatic rings. The molecule has 134 valence electrons. The molecule has 0 aromatic carbocycles. The van der Waals surface area contributed by atoms with Crippen LogP contribution in [0.5, 0.6) is 0 Å².